The lowest BCUT2D eigenvalue weighted by Crippen LogP contribution is -2.56. The van der Waals surface area contributed by atoms with Gasteiger partial charge in [0.15, 0.2) is 0 Å². The first-order chi connectivity index (χ1) is 17.9. The molecule has 0 unspecified atom stereocenters. The predicted molar refractivity (Wildman–Crippen MR) is 140 cm³/mol. The van der Waals surface area contributed by atoms with Crippen molar-refractivity contribution in [2.45, 2.75) is 38.0 Å². The number of hydrogen-bond donors (Lipinski definition) is 1. The van der Waals surface area contributed by atoms with E-state index in [0.717, 1.165) is 25.3 Å². The number of nitrogens with zero attached hydrogens (tertiary/aromatic N) is 3. The Hall–Kier alpha value is -3.65. The molecular weight excluding hydrogens is 471 g/mol. The molecule has 1 N–H and O–H groups in total. The van der Waals surface area contributed by atoms with E-state index in [9.17, 15) is 14.0 Å². The van der Waals surface area contributed by atoms with Crippen molar-refractivity contribution in [3.05, 3.63) is 77.6 Å². The summed E-state index contributed by atoms with van der Waals surface area (Å²) in [5, 5.41) is 5.22. The van der Waals surface area contributed by atoms with Gasteiger partial charge < -0.3 is 19.9 Å². The summed E-state index contributed by atoms with van der Waals surface area (Å²) in [7, 11) is 0. The number of halogens is 1. The van der Waals surface area contributed by atoms with E-state index in [-0.39, 0.29) is 17.8 Å². The van der Waals surface area contributed by atoms with E-state index in [1.54, 1.807) is 17.0 Å². The molecule has 192 valence electrons. The summed E-state index contributed by atoms with van der Waals surface area (Å²) < 4.78 is 19.0. The molecule has 3 aliphatic rings. The maximum atomic E-state index is 13.9. The number of nitrogens with one attached hydrogen (secondary N) is 1. The second-order valence-corrected chi connectivity index (χ2v) is 10.4. The summed E-state index contributed by atoms with van der Waals surface area (Å²) in [5.41, 5.74) is 2.71. The van der Waals surface area contributed by atoms with E-state index in [1.165, 1.54) is 34.0 Å². The molecule has 2 amide bonds. The second-order valence-electron chi connectivity index (χ2n) is 10.4. The number of anilines is 1. The first-order valence-corrected chi connectivity index (χ1v) is 12.9. The molecule has 8 heteroatoms. The molecule has 6 rings (SSSR count). The standard InChI is InChI=1S/C29H31FN4O3/c1-20-4-2-5-21-6-3-7-22(26(20)21)17-32-14-12-29(13-15-32)27(35)33(18-25-16-31-28(36)37-25)19-34(29)24-10-8-23(30)9-11-24/h2-11,25H,12-19H2,1H3,(H,31,36)/t25-/m1/s1. The van der Waals surface area contributed by atoms with Gasteiger partial charge in [-0.05, 0) is 65.9 Å². The number of ether oxygens (including phenoxy) is 1. The monoisotopic (exact) mass is 502 g/mol. The van der Waals surface area contributed by atoms with Crippen molar-refractivity contribution in [2.75, 3.05) is 37.7 Å². The van der Waals surface area contributed by atoms with Crippen molar-refractivity contribution in [2.24, 2.45) is 0 Å². The number of hydrogen-bond acceptors (Lipinski definition) is 5. The second kappa shape index (κ2) is 9.34. The molecule has 1 atom stereocenters. The number of amides is 2. The van der Waals surface area contributed by atoms with Crippen LogP contribution in [0.3, 0.4) is 0 Å². The summed E-state index contributed by atoms with van der Waals surface area (Å²) in [4.78, 5) is 31.8. The van der Waals surface area contributed by atoms with Crippen molar-refractivity contribution in [3.8, 4) is 0 Å². The van der Waals surface area contributed by atoms with Crippen LogP contribution >= 0.6 is 0 Å². The SMILES string of the molecule is Cc1cccc2cccc(CN3CCC4(CC3)C(=O)N(C[C@H]3CNC(=O)O3)CN4c3ccc(F)cc3)c12. The van der Waals surface area contributed by atoms with Crippen molar-refractivity contribution in [3.63, 3.8) is 0 Å². The fourth-order valence-electron chi connectivity index (χ4n) is 6.21. The highest BCUT2D eigenvalue weighted by Gasteiger charge is 2.54. The molecule has 0 bridgehead atoms. The molecule has 3 aliphatic heterocycles. The minimum absolute atomic E-state index is 0.0560. The van der Waals surface area contributed by atoms with Crippen LogP contribution in [0.4, 0.5) is 14.9 Å². The van der Waals surface area contributed by atoms with E-state index >= 15 is 0 Å². The van der Waals surface area contributed by atoms with Crippen LogP contribution in [0.2, 0.25) is 0 Å². The molecule has 3 aromatic carbocycles. The fraction of sp³-hybridized carbons (Fsp3) is 0.379. The zero-order chi connectivity index (χ0) is 25.6. The third kappa shape index (κ3) is 4.29. The Kier molecular flexibility index (Phi) is 5.99. The van der Waals surface area contributed by atoms with Gasteiger partial charge in [0.05, 0.1) is 19.8 Å². The Morgan fingerprint density at radius 1 is 1.03 bits per heavy atom. The quantitative estimate of drug-likeness (QED) is 0.571. The minimum Gasteiger partial charge on any atom is -0.442 e. The molecule has 7 nitrogen and oxygen atoms in total. The van der Waals surface area contributed by atoms with Crippen LogP contribution in [0.1, 0.15) is 24.0 Å². The molecule has 3 aromatic rings. The zero-order valence-electron chi connectivity index (χ0n) is 21.0. The Morgan fingerprint density at radius 2 is 1.76 bits per heavy atom. The number of carbonyl (C=O) groups is 2. The van der Waals surface area contributed by atoms with E-state index < -0.39 is 11.6 Å². The molecule has 3 heterocycles. The van der Waals surface area contributed by atoms with Gasteiger partial charge in [-0.2, -0.15) is 0 Å². The number of alkyl carbamates (subject to hydrolysis) is 1. The van der Waals surface area contributed by atoms with Gasteiger partial charge in [-0.3, -0.25) is 9.69 Å². The molecule has 1 spiro atoms. The number of cyclic esters (lactones) is 1. The van der Waals surface area contributed by atoms with Gasteiger partial charge in [0, 0.05) is 25.3 Å². The lowest BCUT2D eigenvalue weighted by atomic mass is 9.85. The molecular formula is C29H31FN4O3. The highest BCUT2D eigenvalue weighted by Crippen LogP contribution is 2.40. The number of likely N-dealkylation sites (tertiary alicyclic amines) is 1. The van der Waals surface area contributed by atoms with E-state index in [4.69, 9.17) is 4.74 Å². The van der Waals surface area contributed by atoms with Crippen molar-refractivity contribution in [1.29, 1.82) is 0 Å². The fourth-order valence-corrected chi connectivity index (χ4v) is 6.21. The third-order valence-electron chi connectivity index (χ3n) is 8.10. The summed E-state index contributed by atoms with van der Waals surface area (Å²) in [6.45, 7) is 5.66. The predicted octanol–water partition coefficient (Wildman–Crippen LogP) is 4.04. The summed E-state index contributed by atoms with van der Waals surface area (Å²) in [6, 6.07) is 19.2. The first-order valence-electron chi connectivity index (χ1n) is 12.9. The Bertz CT molecular complexity index is 1330. The number of carbonyl (C=O) groups excluding carboxylic acids is 2. The maximum Gasteiger partial charge on any atom is 0.407 e. The highest BCUT2D eigenvalue weighted by atomic mass is 19.1. The van der Waals surface area contributed by atoms with Crippen molar-refractivity contribution in [1.82, 2.24) is 15.1 Å². The van der Waals surface area contributed by atoms with Crippen LogP contribution in [-0.2, 0) is 16.1 Å². The topological polar surface area (TPSA) is 65.1 Å². The zero-order valence-corrected chi connectivity index (χ0v) is 21.0. The van der Waals surface area contributed by atoms with Crippen LogP contribution in [0, 0.1) is 12.7 Å². The Morgan fingerprint density at radius 3 is 2.46 bits per heavy atom. The highest BCUT2D eigenvalue weighted by molar-refractivity contribution is 5.94. The summed E-state index contributed by atoms with van der Waals surface area (Å²) in [5.74, 6) is -0.246. The summed E-state index contributed by atoms with van der Waals surface area (Å²) >= 11 is 0. The molecule has 37 heavy (non-hydrogen) atoms. The van der Waals surface area contributed by atoms with E-state index in [1.807, 2.05) is 0 Å². The molecule has 3 fully saturated rings. The first kappa shape index (κ1) is 23.7. The van der Waals surface area contributed by atoms with Crippen LogP contribution in [-0.4, -0.2) is 66.3 Å². The van der Waals surface area contributed by atoms with Gasteiger partial charge in [-0.25, -0.2) is 9.18 Å². The Balaban J connectivity index is 1.23. The van der Waals surface area contributed by atoms with Gasteiger partial charge >= 0.3 is 6.09 Å². The number of aryl methyl sites for hydroxylation is 1. The van der Waals surface area contributed by atoms with Crippen LogP contribution < -0.4 is 10.2 Å². The lowest BCUT2D eigenvalue weighted by Gasteiger charge is -2.43. The van der Waals surface area contributed by atoms with Gasteiger partial charge in [0.2, 0.25) is 5.91 Å². The molecule has 0 aliphatic carbocycles. The van der Waals surface area contributed by atoms with E-state index in [0.29, 0.717) is 32.6 Å². The van der Waals surface area contributed by atoms with Crippen LogP contribution in [0.25, 0.3) is 10.8 Å². The van der Waals surface area contributed by atoms with Crippen molar-refractivity contribution >= 4 is 28.5 Å². The Labute approximate surface area is 215 Å². The molecule has 0 radical (unpaired) electrons. The number of benzene rings is 3. The van der Waals surface area contributed by atoms with Crippen LogP contribution in [0.5, 0.6) is 0 Å². The molecule has 0 aromatic heterocycles. The third-order valence-corrected chi connectivity index (χ3v) is 8.10. The number of piperidine rings is 1. The summed E-state index contributed by atoms with van der Waals surface area (Å²) in [6.07, 6.45) is 0.535. The number of rotatable bonds is 5. The van der Waals surface area contributed by atoms with Gasteiger partial charge in [-0.1, -0.05) is 36.4 Å². The maximum absolute atomic E-state index is 13.9. The number of fused-ring (bicyclic) bond motifs is 1. The van der Waals surface area contributed by atoms with E-state index in [2.05, 4.69) is 58.4 Å². The smallest absolute Gasteiger partial charge is 0.407 e. The average Bonchev–Trinajstić information content (AvgIpc) is 3.42. The molecule has 0 saturated carbocycles. The van der Waals surface area contributed by atoms with Crippen LogP contribution in [0.15, 0.2) is 60.7 Å². The lowest BCUT2D eigenvalue weighted by molar-refractivity contribution is -0.134. The van der Waals surface area contributed by atoms with Gasteiger partial charge in [0.1, 0.15) is 17.5 Å². The molecule has 3 saturated heterocycles. The largest absolute Gasteiger partial charge is 0.442 e. The normalized spacial score (nSPS) is 21.6. The minimum atomic E-state index is -0.695. The van der Waals surface area contributed by atoms with Gasteiger partial charge in [-0.15, -0.1) is 0 Å². The van der Waals surface area contributed by atoms with Crippen molar-refractivity contribution < 1.29 is 18.7 Å². The average molecular weight is 503 g/mol. The van der Waals surface area contributed by atoms with Gasteiger partial charge in [0.25, 0.3) is 0 Å².